The number of aryl methyl sites for hydroxylation is 3. The molecule has 2 aliphatic carbocycles. The molecule has 24 heavy (non-hydrogen) atoms. The lowest BCUT2D eigenvalue weighted by Gasteiger charge is -2.05. The van der Waals surface area contributed by atoms with Crippen LogP contribution in [0.15, 0.2) is 12.4 Å². The topological polar surface area (TPSA) is 56.5 Å². The first-order valence-corrected chi connectivity index (χ1v) is 9.12. The molecule has 2 aromatic heterocycles. The number of hydrogen-bond donors (Lipinski definition) is 0. The monoisotopic (exact) mass is 327 g/mol. The van der Waals surface area contributed by atoms with E-state index in [1.165, 1.54) is 25.7 Å². The van der Waals surface area contributed by atoms with Gasteiger partial charge in [0.1, 0.15) is 0 Å². The fourth-order valence-corrected chi connectivity index (χ4v) is 4.21. The molecule has 0 spiro atoms. The minimum Gasteiger partial charge on any atom is -0.465 e. The van der Waals surface area contributed by atoms with Crippen LogP contribution in [0.1, 0.15) is 48.9 Å². The van der Waals surface area contributed by atoms with Gasteiger partial charge in [0.25, 0.3) is 0 Å². The Morgan fingerprint density at radius 1 is 1.29 bits per heavy atom. The molecular weight excluding hydrogens is 302 g/mol. The minimum atomic E-state index is 0.0406. The van der Waals surface area contributed by atoms with Crippen molar-refractivity contribution in [1.29, 1.82) is 0 Å². The molecule has 2 atom stereocenters. The van der Waals surface area contributed by atoms with E-state index < -0.39 is 0 Å². The number of rotatable bonds is 5. The van der Waals surface area contributed by atoms with Crippen LogP contribution in [0.5, 0.6) is 0 Å². The summed E-state index contributed by atoms with van der Waals surface area (Å²) in [5, 5.41) is 4.47. The number of carbonyl (C=O) groups excluding carboxylic acids is 1. The van der Waals surface area contributed by atoms with Crippen LogP contribution >= 0.6 is 0 Å². The highest BCUT2D eigenvalue weighted by Gasteiger charge is 2.55. The van der Waals surface area contributed by atoms with Crippen molar-refractivity contribution in [2.24, 2.45) is 17.8 Å². The Morgan fingerprint density at radius 3 is 2.79 bits per heavy atom. The molecule has 0 N–H and O–H groups in total. The number of hydrogen-bond acceptors (Lipinski definition) is 4. The molecule has 2 fully saturated rings. The van der Waals surface area contributed by atoms with E-state index in [9.17, 15) is 4.79 Å². The van der Waals surface area contributed by atoms with Gasteiger partial charge in [-0.2, -0.15) is 5.10 Å². The van der Waals surface area contributed by atoms with Gasteiger partial charge in [0.2, 0.25) is 0 Å². The molecule has 0 unspecified atom stereocenters. The maximum Gasteiger partial charge on any atom is 0.309 e. The number of nitrogens with zero attached hydrogens (tertiary/aromatic N) is 3. The van der Waals surface area contributed by atoms with Crippen LogP contribution < -0.4 is 0 Å². The Balaban J connectivity index is 1.26. The molecule has 2 aromatic rings. The van der Waals surface area contributed by atoms with Crippen LogP contribution in [-0.2, 0) is 16.0 Å². The van der Waals surface area contributed by atoms with Crippen molar-refractivity contribution >= 4 is 11.6 Å². The molecule has 2 heterocycles. The summed E-state index contributed by atoms with van der Waals surface area (Å²) in [6.07, 6.45) is 10.6. The van der Waals surface area contributed by atoms with Crippen molar-refractivity contribution in [3.8, 4) is 0 Å². The van der Waals surface area contributed by atoms with Crippen molar-refractivity contribution in [3.05, 3.63) is 29.2 Å². The molecule has 5 heteroatoms. The van der Waals surface area contributed by atoms with Gasteiger partial charge in [-0.05, 0) is 56.9 Å². The van der Waals surface area contributed by atoms with Gasteiger partial charge in [-0.3, -0.25) is 4.79 Å². The third kappa shape index (κ3) is 2.80. The Bertz CT molecular complexity index is 755. The molecule has 0 amide bonds. The highest BCUT2D eigenvalue weighted by molar-refractivity contribution is 5.76. The zero-order chi connectivity index (χ0) is 16.7. The minimum absolute atomic E-state index is 0.0406. The summed E-state index contributed by atoms with van der Waals surface area (Å²) in [4.78, 5) is 16.6. The number of ether oxygens (including phenoxy) is 1. The fourth-order valence-electron chi connectivity index (χ4n) is 4.21. The van der Waals surface area contributed by atoms with Gasteiger partial charge in [-0.1, -0.05) is 12.8 Å². The molecule has 5 nitrogen and oxygen atoms in total. The van der Waals surface area contributed by atoms with E-state index in [0.717, 1.165) is 35.3 Å². The summed E-state index contributed by atoms with van der Waals surface area (Å²) < 4.78 is 7.36. The molecule has 0 aromatic carbocycles. The van der Waals surface area contributed by atoms with Crippen molar-refractivity contribution in [2.45, 2.75) is 52.4 Å². The second-order valence-corrected chi connectivity index (χ2v) is 7.35. The first-order valence-electron chi connectivity index (χ1n) is 9.12. The lowest BCUT2D eigenvalue weighted by atomic mass is 10.0. The van der Waals surface area contributed by atoms with E-state index >= 15 is 0 Å². The Morgan fingerprint density at radius 2 is 2.04 bits per heavy atom. The van der Waals surface area contributed by atoms with Crippen LogP contribution in [0.3, 0.4) is 0 Å². The summed E-state index contributed by atoms with van der Waals surface area (Å²) >= 11 is 0. The van der Waals surface area contributed by atoms with Gasteiger partial charge >= 0.3 is 5.97 Å². The predicted molar refractivity (Wildman–Crippen MR) is 90.7 cm³/mol. The van der Waals surface area contributed by atoms with Crippen molar-refractivity contribution in [2.75, 3.05) is 6.61 Å². The van der Waals surface area contributed by atoms with Crippen LogP contribution in [0.4, 0.5) is 0 Å². The summed E-state index contributed by atoms with van der Waals surface area (Å²) in [6, 6.07) is 0. The highest BCUT2D eigenvalue weighted by atomic mass is 16.5. The lowest BCUT2D eigenvalue weighted by Crippen LogP contribution is -2.10. The van der Waals surface area contributed by atoms with Gasteiger partial charge in [0, 0.05) is 18.0 Å². The van der Waals surface area contributed by atoms with Gasteiger partial charge in [-0.15, -0.1) is 0 Å². The van der Waals surface area contributed by atoms with Crippen molar-refractivity contribution in [3.63, 3.8) is 0 Å². The molecular formula is C19H25N3O2. The second-order valence-electron chi connectivity index (χ2n) is 7.35. The van der Waals surface area contributed by atoms with E-state index in [1.807, 2.05) is 30.8 Å². The quantitative estimate of drug-likeness (QED) is 0.625. The van der Waals surface area contributed by atoms with E-state index in [-0.39, 0.29) is 11.9 Å². The molecule has 0 aliphatic heterocycles. The van der Waals surface area contributed by atoms with Crippen LogP contribution in [0.2, 0.25) is 0 Å². The first-order chi connectivity index (χ1) is 11.6. The molecule has 2 saturated carbocycles. The molecule has 0 bridgehead atoms. The molecule has 0 saturated heterocycles. The fraction of sp³-hybridized carbons (Fsp3) is 0.632. The number of carbonyl (C=O) groups is 1. The van der Waals surface area contributed by atoms with E-state index in [4.69, 9.17) is 4.74 Å². The SMILES string of the molecule is Cc1nn2cc(CCCOC(=O)C3[C@H]4CCCC[C@H]34)cnc2c1C. The Labute approximate surface area is 142 Å². The predicted octanol–water partition coefficient (Wildman–Crippen LogP) is 3.26. The summed E-state index contributed by atoms with van der Waals surface area (Å²) in [5.41, 5.74) is 4.18. The highest BCUT2D eigenvalue weighted by Crippen LogP contribution is 2.55. The van der Waals surface area contributed by atoms with Gasteiger partial charge in [-0.25, -0.2) is 9.50 Å². The maximum absolute atomic E-state index is 12.1. The van der Waals surface area contributed by atoms with Gasteiger partial charge < -0.3 is 4.74 Å². The molecule has 0 radical (unpaired) electrons. The van der Waals surface area contributed by atoms with E-state index in [2.05, 4.69) is 10.1 Å². The average Bonchev–Trinajstić information content (AvgIpc) is 3.25. The molecule has 4 rings (SSSR count). The van der Waals surface area contributed by atoms with Crippen molar-refractivity contribution < 1.29 is 9.53 Å². The molecule has 2 aliphatic rings. The largest absolute Gasteiger partial charge is 0.465 e. The summed E-state index contributed by atoms with van der Waals surface area (Å²) in [6.45, 7) is 4.54. The van der Waals surface area contributed by atoms with E-state index in [1.54, 1.807) is 0 Å². The lowest BCUT2D eigenvalue weighted by molar-refractivity contribution is -0.146. The normalized spacial score (nSPS) is 25.5. The standard InChI is InChI=1S/C19H25N3O2/c1-12-13(2)21-22-11-14(10-20-18(12)22)6-5-9-24-19(23)17-15-7-3-4-8-16(15)17/h10-11,15-17H,3-9H2,1-2H3/t15-,16-/m0/s1. The maximum atomic E-state index is 12.1. The van der Waals surface area contributed by atoms with Crippen molar-refractivity contribution in [1.82, 2.24) is 14.6 Å². The second kappa shape index (κ2) is 6.19. The van der Waals surface area contributed by atoms with Crippen LogP contribution in [-0.4, -0.2) is 27.2 Å². The number of aromatic nitrogens is 3. The third-order valence-electron chi connectivity index (χ3n) is 5.78. The van der Waals surface area contributed by atoms with Gasteiger partial charge in [0.05, 0.1) is 18.2 Å². The number of fused-ring (bicyclic) bond motifs is 2. The Hall–Kier alpha value is -1.91. The van der Waals surface area contributed by atoms with Gasteiger partial charge in [0.15, 0.2) is 5.65 Å². The zero-order valence-corrected chi connectivity index (χ0v) is 14.5. The van der Waals surface area contributed by atoms with Crippen LogP contribution in [0.25, 0.3) is 5.65 Å². The van der Waals surface area contributed by atoms with Crippen LogP contribution in [0, 0.1) is 31.6 Å². The van der Waals surface area contributed by atoms with E-state index in [0.29, 0.717) is 18.4 Å². The summed E-state index contributed by atoms with van der Waals surface area (Å²) in [5.74, 6) is 1.51. The average molecular weight is 327 g/mol. The smallest absolute Gasteiger partial charge is 0.309 e. The Kier molecular flexibility index (Phi) is 4.02. The molecule has 128 valence electrons. The summed E-state index contributed by atoms with van der Waals surface area (Å²) in [7, 11) is 0. The zero-order valence-electron chi connectivity index (χ0n) is 14.5. The number of esters is 1. The first kappa shape index (κ1) is 15.6. The third-order valence-corrected chi connectivity index (χ3v) is 5.78.